The molecule has 1 fully saturated rings. The number of halogens is 1. The molecule has 1 atom stereocenters. The van der Waals surface area contributed by atoms with E-state index < -0.39 is 0 Å². The number of hydrogen-bond donors (Lipinski definition) is 2. The Hall–Kier alpha value is -1.78. The number of nitrogens with one attached hydrogen (secondary N) is 2. The predicted molar refractivity (Wildman–Crippen MR) is 115 cm³/mol. The van der Waals surface area contributed by atoms with Crippen LogP contribution in [-0.4, -0.2) is 73.9 Å². The van der Waals surface area contributed by atoms with E-state index in [2.05, 4.69) is 15.6 Å². The molecule has 0 spiro atoms. The minimum atomic E-state index is -0.0636. The Morgan fingerprint density at radius 3 is 2.81 bits per heavy atom. The highest BCUT2D eigenvalue weighted by atomic mass is 127. The maximum atomic E-state index is 11.8. The van der Waals surface area contributed by atoms with Crippen LogP contribution in [0.4, 0.5) is 0 Å². The summed E-state index contributed by atoms with van der Waals surface area (Å²) in [6.07, 6.45) is 3.76. The van der Waals surface area contributed by atoms with E-state index in [0.717, 1.165) is 25.1 Å². The Labute approximate surface area is 177 Å². The van der Waals surface area contributed by atoms with Gasteiger partial charge in [-0.1, -0.05) is 6.92 Å². The topological polar surface area (TPSA) is 90.2 Å². The molecule has 2 rings (SSSR count). The van der Waals surface area contributed by atoms with Crippen LogP contribution in [0.2, 0.25) is 0 Å². The van der Waals surface area contributed by atoms with Crippen LogP contribution in [0.25, 0.3) is 0 Å². The molecule has 1 saturated heterocycles. The van der Waals surface area contributed by atoms with Crippen LogP contribution in [0.1, 0.15) is 25.5 Å². The number of carbonyl (C=O) groups excluding carboxylic acids is 2. The molecule has 9 heteroatoms. The number of aliphatic imine (C=N–C) groups is 1. The lowest BCUT2D eigenvalue weighted by Crippen LogP contribution is -2.46. The van der Waals surface area contributed by atoms with Crippen molar-refractivity contribution in [3.63, 3.8) is 0 Å². The van der Waals surface area contributed by atoms with E-state index in [1.165, 1.54) is 4.90 Å². The standard InChI is InChI=1S/C18H29N5O3.HI/c1-4-16(24)23-10-8-14(13-23)21-18(20-12-17(25)22(2)3)19-9-7-15-6-5-11-26-15;/h5-6,11,14H,4,7-10,12-13H2,1-3H3,(H2,19,20,21);1H. The normalized spacial score (nSPS) is 16.6. The van der Waals surface area contributed by atoms with E-state index in [-0.39, 0.29) is 48.4 Å². The summed E-state index contributed by atoms with van der Waals surface area (Å²) in [5.74, 6) is 1.58. The van der Waals surface area contributed by atoms with E-state index in [4.69, 9.17) is 4.42 Å². The van der Waals surface area contributed by atoms with Crippen molar-refractivity contribution in [1.29, 1.82) is 0 Å². The predicted octanol–water partition coefficient (Wildman–Crippen LogP) is 1.07. The molecule has 1 aromatic heterocycles. The summed E-state index contributed by atoms with van der Waals surface area (Å²) < 4.78 is 5.33. The van der Waals surface area contributed by atoms with Gasteiger partial charge in [-0.05, 0) is 18.6 Å². The Morgan fingerprint density at radius 2 is 2.19 bits per heavy atom. The van der Waals surface area contributed by atoms with Crippen LogP contribution in [0.5, 0.6) is 0 Å². The SMILES string of the molecule is CCC(=O)N1CCC(NC(=NCC(=O)N(C)C)NCCc2ccco2)C1.I. The molecule has 2 heterocycles. The van der Waals surface area contributed by atoms with Gasteiger partial charge in [0.05, 0.1) is 6.26 Å². The van der Waals surface area contributed by atoms with Crippen LogP contribution in [0, 0.1) is 0 Å². The van der Waals surface area contributed by atoms with Gasteiger partial charge in [0.15, 0.2) is 5.96 Å². The van der Waals surface area contributed by atoms with E-state index in [1.807, 2.05) is 24.0 Å². The van der Waals surface area contributed by atoms with Crippen LogP contribution in [0.3, 0.4) is 0 Å². The zero-order valence-corrected chi connectivity index (χ0v) is 18.6. The smallest absolute Gasteiger partial charge is 0.243 e. The zero-order valence-electron chi connectivity index (χ0n) is 16.2. The minimum Gasteiger partial charge on any atom is -0.469 e. The Balaban J connectivity index is 0.00000364. The van der Waals surface area contributed by atoms with Crippen molar-refractivity contribution in [2.75, 3.05) is 40.3 Å². The number of likely N-dealkylation sites (N-methyl/N-ethyl adjacent to an activating group) is 1. The molecule has 0 aromatic carbocycles. The third-order valence-corrected chi connectivity index (χ3v) is 4.30. The lowest BCUT2D eigenvalue weighted by atomic mass is 10.3. The molecule has 0 aliphatic carbocycles. The van der Waals surface area contributed by atoms with Gasteiger partial charge < -0.3 is 24.9 Å². The number of furan rings is 1. The van der Waals surface area contributed by atoms with Crippen LogP contribution < -0.4 is 10.6 Å². The van der Waals surface area contributed by atoms with Crippen molar-refractivity contribution in [1.82, 2.24) is 20.4 Å². The molecule has 0 bridgehead atoms. The maximum Gasteiger partial charge on any atom is 0.243 e. The highest BCUT2D eigenvalue weighted by Gasteiger charge is 2.25. The van der Waals surface area contributed by atoms with Gasteiger partial charge >= 0.3 is 0 Å². The largest absolute Gasteiger partial charge is 0.469 e. The first-order valence-corrected chi connectivity index (χ1v) is 9.04. The fourth-order valence-corrected chi connectivity index (χ4v) is 2.72. The zero-order chi connectivity index (χ0) is 18.9. The average molecular weight is 491 g/mol. The number of rotatable bonds is 7. The molecular formula is C18H30IN5O3. The Kier molecular flexibility index (Phi) is 10.2. The minimum absolute atomic E-state index is 0. The summed E-state index contributed by atoms with van der Waals surface area (Å²) in [5.41, 5.74) is 0. The van der Waals surface area contributed by atoms with E-state index in [0.29, 0.717) is 25.5 Å². The second kappa shape index (κ2) is 11.8. The Morgan fingerprint density at radius 1 is 1.41 bits per heavy atom. The lowest BCUT2D eigenvalue weighted by Gasteiger charge is -2.19. The molecular weight excluding hydrogens is 461 g/mol. The fourth-order valence-electron chi connectivity index (χ4n) is 2.72. The number of nitrogens with zero attached hydrogens (tertiary/aromatic N) is 3. The highest BCUT2D eigenvalue weighted by Crippen LogP contribution is 2.10. The summed E-state index contributed by atoms with van der Waals surface area (Å²) in [7, 11) is 3.42. The van der Waals surface area contributed by atoms with Crippen molar-refractivity contribution in [3.05, 3.63) is 24.2 Å². The molecule has 1 aliphatic heterocycles. The molecule has 1 aliphatic rings. The number of guanidine groups is 1. The van der Waals surface area contributed by atoms with Crippen molar-refractivity contribution < 1.29 is 14.0 Å². The summed E-state index contributed by atoms with van der Waals surface area (Å²) in [4.78, 5) is 31.4. The number of hydrogen-bond acceptors (Lipinski definition) is 4. The van der Waals surface area contributed by atoms with Gasteiger partial charge in [0.2, 0.25) is 11.8 Å². The van der Waals surface area contributed by atoms with Crippen molar-refractivity contribution in [2.24, 2.45) is 4.99 Å². The van der Waals surface area contributed by atoms with E-state index in [9.17, 15) is 9.59 Å². The molecule has 27 heavy (non-hydrogen) atoms. The number of amides is 2. The van der Waals surface area contributed by atoms with Gasteiger partial charge in [-0.3, -0.25) is 9.59 Å². The molecule has 1 unspecified atom stereocenters. The van der Waals surface area contributed by atoms with Crippen molar-refractivity contribution in [3.8, 4) is 0 Å². The molecule has 152 valence electrons. The lowest BCUT2D eigenvalue weighted by molar-refractivity contribution is -0.130. The fraction of sp³-hybridized carbons (Fsp3) is 0.611. The first-order valence-electron chi connectivity index (χ1n) is 9.04. The number of likely N-dealkylation sites (tertiary alicyclic amines) is 1. The monoisotopic (exact) mass is 491 g/mol. The third-order valence-electron chi connectivity index (χ3n) is 4.30. The summed E-state index contributed by atoms with van der Waals surface area (Å²) in [5, 5.41) is 6.58. The third kappa shape index (κ3) is 7.77. The molecule has 2 N–H and O–H groups in total. The molecule has 1 aromatic rings. The van der Waals surface area contributed by atoms with Crippen LogP contribution >= 0.6 is 24.0 Å². The molecule has 2 amide bonds. The average Bonchev–Trinajstić information content (AvgIpc) is 3.30. The summed E-state index contributed by atoms with van der Waals surface area (Å²) >= 11 is 0. The second-order valence-electron chi connectivity index (χ2n) is 6.53. The van der Waals surface area contributed by atoms with Gasteiger partial charge in [-0.25, -0.2) is 4.99 Å². The Bertz CT molecular complexity index is 619. The first-order chi connectivity index (χ1) is 12.5. The quantitative estimate of drug-likeness (QED) is 0.339. The van der Waals surface area contributed by atoms with Gasteiger partial charge in [0.1, 0.15) is 12.3 Å². The van der Waals surface area contributed by atoms with Gasteiger partial charge in [0.25, 0.3) is 0 Å². The van der Waals surface area contributed by atoms with E-state index >= 15 is 0 Å². The molecule has 8 nitrogen and oxygen atoms in total. The summed E-state index contributed by atoms with van der Waals surface area (Å²) in [6.45, 7) is 4.00. The van der Waals surface area contributed by atoms with Crippen LogP contribution in [0.15, 0.2) is 27.8 Å². The molecule has 0 saturated carbocycles. The van der Waals surface area contributed by atoms with Gasteiger partial charge in [-0.2, -0.15) is 0 Å². The molecule has 0 radical (unpaired) electrons. The van der Waals surface area contributed by atoms with Crippen molar-refractivity contribution in [2.45, 2.75) is 32.2 Å². The second-order valence-corrected chi connectivity index (χ2v) is 6.53. The van der Waals surface area contributed by atoms with Gasteiger partial charge in [0, 0.05) is 52.6 Å². The first kappa shape index (κ1) is 23.3. The van der Waals surface area contributed by atoms with Crippen molar-refractivity contribution >= 4 is 41.8 Å². The summed E-state index contributed by atoms with van der Waals surface area (Å²) in [6, 6.07) is 3.91. The maximum absolute atomic E-state index is 11.8. The highest BCUT2D eigenvalue weighted by molar-refractivity contribution is 14.0. The number of carbonyl (C=O) groups is 2. The van der Waals surface area contributed by atoms with Gasteiger partial charge in [-0.15, -0.1) is 24.0 Å². The van der Waals surface area contributed by atoms with Crippen LogP contribution in [-0.2, 0) is 16.0 Å². The van der Waals surface area contributed by atoms with E-state index in [1.54, 1.807) is 20.4 Å².